The number of hydrogen-bond donors (Lipinski definition) is 1. The third kappa shape index (κ3) is 4.51. The van der Waals surface area contributed by atoms with Gasteiger partial charge < -0.3 is 10.5 Å². The Kier molecular flexibility index (Phi) is 5.31. The molecular weight excluding hydrogens is 340 g/mol. The van der Waals surface area contributed by atoms with E-state index in [1.807, 2.05) is 18.2 Å². The van der Waals surface area contributed by atoms with E-state index < -0.39 is 11.6 Å². The maximum absolute atomic E-state index is 13.2. The molecule has 0 heterocycles. The van der Waals surface area contributed by atoms with Gasteiger partial charge in [-0.05, 0) is 54.3 Å². The lowest BCUT2D eigenvalue weighted by Crippen LogP contribution is -2.25. The third-order valence-electron chi connectivity index (χ3n) is 3.14. The first-order chi connectivity index (χ1) is 9.97. The van der Waals surface area contributed by atoms with E-state index in [2.05, 4.69) is 15.9 Å². The van der Waals surface area contributed by atoms with E-state index in [1.165, 1.54) is 12.1 Å². The summed E-state index contributed by atoms with van der Waals surface area (Å²) < 4.78 is 32.6. The molecule has 0 aliphatic carbocycles. The fourth-order valence-corrected chi connectivity index (χ4v) is 2.70. The van der Waals surface area contributed by atoms with Gasteiger partial charge in [-0.2, -0.15) is 0 Å². The van der Waals surface area contributed by atoms with Gasteiger partial charge in [0.05, 0.1) is 7.11 Å². The van der Waals surface area contributed by atoms with Crippen molar-refractivity contribution < 1.29 is 13.5 Å². The molecule has 0 spiro atoms. The highest BCUT2D eigenvalue weighted by Gasteiger charge is 2.11. The minimum absolute atomic E-state index is 0.255. The van der Waals surface area contributed by atoms with Crippen LogP contribution in [0.25, 0.3) is 0 Å². The van der Waals surface area contributed by atoms with Crippen molar-refractivity contribution in [3.63, 3.8) is 0 Å². The Hall–Kier alpha value is -1.46. The topological polar surface area (TPSA) is 35.2 Å². The fraction of sp³-hybridized carbons (Fsp3) is 0.250. The molecule has 0 bridgehead atoms. The molecule has 0 aliphatic rings. The predicted octanol–water partition coefficient (Wildman–Crippen LogP) is 3.85. The average Bonchev–Trinajstić information content (AvgIpc) is 2.37. The Morgan fingerprint density at radius 2 is 1.76 bits per heavy atom. The highest BCUT2D eigenvalue weighted by molar-refractivity contribution is 9.10. The first-order valence-electron chi connectivity index (χ1n) is 6.51. The third-order valence-corrected chi connectivity index (χ3v) is 3.64. The molecule has 21 heavy (non-hydrogen) atoms. The summed E-state index contributed by atoms with van der Waals surface area (Å²) in [7, 11) is 1.60. The molecule has 1 unspecified atom stereocenters. The first-order valence-corrected chi connectivity index (χ1v) is 7.30. The number of rotatable bonds is 5. The van der Waals surface area contributed by atoms with E-state index in [1.54, 1.807) is 7.11 Å². The summed E-state index contributed by atoms with van der Waals surface area (Å²) in [4.78, 5) is 0. The molecule has 2 aromatic carbocycles. The maximum atomic E-state index is 13.2. The first kappa shape index (κ1) is 15.9. The Bertz CT molecular complexity index is 613. The van der Waals surface area contributed by atoms with Crippen LogP contribution in [-0.4, -0.2) is 13.2 Å². The minimum atomic E-state index is -0.586. The SMILES string of the molecule is COc1ccc(Br)cc1CC(N)Cc1cc(F)cc(F)c1. The van der Waals surface area contributed by atoms with Gasteiger partial charge in [0.15, 0.2) is 0 Å². The highest BCUT2D eigenvalue weighted by Crippen LogP contribution is 2.24. The van der Waals surface area contributed by atoms with E-state index in [4.69, 9.17) is 10.5 Å². The number of benzene rings is 2. The normalized spacial score (nSPS) is 12.2. The summed E-state index contributed by atoms with van der Waals surface area (Å²) >= 11 is 3.41. The molecule has 0 fully saturated rings. The molecule has 2 N–H and O–H groups in total. The van der Waals surface area contributed by atoms with Crippen LogP contribution in [0.5, 0.6) is 5.75 Å². The molecule has 112 valence electrons. The quantitative estimate of drug-likeness (QED) is 0.883. The van der Waals surface area contributed by atoms with Crippen LogP contribution in [0.4, 0.5) is 8.78 Å². The van der Waals surface area contributed by atoms with Crippen molar-refractivity contribution in [2.24, 2.45) is 5.73 Å². The van der Waals surface area contributed by atoms with Gasteiger partial charge in [0.2, 0.25) is 0 Å². The van der Waals surface area contributed by atoms with Crippen LogP contribution in [0.2, 0.25) is 0 Å². The lowest BCUT2D eigenvalue weighted by Gasteiger charge is -2.15. The summed E-state index contributed by atoms with van der Waals surface area (Å²) in [6.07, 6.45) is 0.949. The van der Waals surface area contributed by atoms with Gasteiger partial charge in [-0.3, -0.25) is 0 Å². The van der Waals surface area contributed by atoms with Gasteiger partial charge in [-0.25, -0.2) is 8.78 Å². The fourth-order valence-electron chi connectivity index (χ4n) is 2.29. The number of nitrogens with two attached hydrogens (primary N) is 1. The summed E-state index contributed by atoms with van der Waals surface area (Å²) in [5.41, 5.74) is 7.60. The Morgan fingerprint density at radius 3 is 2.38 bits per heavy atom. The van der Waals surface area contributed by atoms with Gasteiger partial charge in [0.1, 0.15) is 17.4 Å². The Labute approximate surface area is 131 Å². The van der Waals surface area contributed by atoms with Crippen molar-refractivity contribution in [3.05, 3.63) is 63.6 Å². The van der Waals surface area contributed by atoms with E-state index in [9.17, 15) is 8.78 Å². The standard InChI is InChI=1S/C16H16BrF2NO/c1-21-16-3-2-12(17)7-11(16)8-15(20)6-10-4-13(18)9-14(19)5-10/h2-5,7,9,15H,6,8,20H2,1H3. The number of methoxy groups -OCH3 is 1. The van der Waals surface area contributed by atoms with Crippen molar-refractivity contribution in [1.29, 1.82) is 0 Å². The second-order valence-electron chi connectivity index (χ2n) is 4.90. The molecule has 0 amide bonds. The average molecular weight is 356 g/mol. The Morgan fingerprint density at radius 1 is 1.10 bits per heavy atom. The van der Waals surface area contributed by atoms with Crippen LogP contribution < -0.4 is 10.5 Å². The van der Waals surface area contributed by atoms with Gasteiger partial charge in [0.25, 0.3) is 0 Å². The van der Waals surface area contributed by atoms with Crippen molar-refractivity contribution in [1.82, 2.24) is 0 Å². The van der Waals surface area contributed by atoms with Crippen molar-refractivity contribution in [3.8, 4) is 5.75 Å². The van der Waals surface area contributed by atoms with Crippen LogP contribution in [0.15, 0.2) is 40.9 Å². The zero-order valence-corrected chi connectivity index (χ0v) is 13.2. The number of halogens is 3. The van der Waals surface area contributed by atoms with Crippen LogP contribution in [0.3, 0.4) is 0 Å². The van der Waals surface area contributed by atoms with E-state index in [-0.39, 0.29) is 6.04 Å². The van der Waals surface area contributed by atoms with Crippen molar-refractivity contribution >= 4 is 15.9 Å². The minimum Gasteiger partial charge on any atom is -0.496 e. The number of ether oxygens (including phenoxy) is 1. The molecule has 2 aromatic rings. The second-order valence-corrected chi connectivity index (χ2v) is 5.82. The molecule has 0 aromatic heterocycles. The van der Waals surface area contributed by atoms with Gasteiger partial charge in [0, 0.05) is 16.6 Å². The summed E-state index contributed by atoms with van der Waals surface area (Å²) in [5, 5.41) is 0. The molecule has 0 aliphatic heterocycles. The molecular formula is C16H16BrF2NO. The second kappa shape index (κ2) is 7.00. The highest BCUT2D eigenvalue weighted by atomic mass is 79.9. The molecule has 2 rings (SSSR count). The van der Waals surface area contributed by atoms with E-state index in [0.717, 1.165) is 21.9 Å². The molecule has 1 atom stereocenters. The largest absolute Gasteiger partial charge is 0.496 e. The summed E-state index contributed by atoms with van der Waals surface area (Å²) in [6.45, 7) is 0. The van der Waals surface area contributed by atoms with Crippen molar-refractivity contribution in [2.75, 3.05) is 7.11 Å². The smallest absolute Gasteiger partial charge is 0.126 e. The summed E-state index contributed by atoms with van der Waals surface area (Å²) in [6, 6.07) is 8.89. The zero-order chi connectivity index (χ0) is 15.4. The molecule has 5 heteroatoms. The molecule has 0 saturated heterocycles. The van der Waals surface area contributed by atoms with Crippen molar-refractivity contribution in [2.45, 2.75) is 18.9 Å². The lowest BCUT2D eigenvalue weighted by molar-refractivity contribution is 0.407. The molecule has 2 nitrogen and oxygen atoms in total. The molecule has 0 radical (unpaired) electrons. The van der Waals surface area contributed by atoms with Crippen LogP contribution in [0, 0.1) is 11.6 Å². The number of hydrogen-bond acceptors (Lipinski definition) is 2. The summed E-state index contributed by atoms with van der Waals surface area (Å²) in [5.74, 6) is -0.423. The van der Waals surface area contributed by atoms with Crippen LogP contribution >= 0.6 is 15.9 Å². The maximum Gasteiger partial charge on any atom is 0.126 e. The van der Waals surface area contributed by atoms with Gasteiger partial charge >= 0.3 is 0 Å². The molecule has 0 saturated carbocycles. The monoisotopic (exact) mass is 355 g/mol. The van der Waals surface area contributed by atoms with Gasteiger partial charge in [-0.1, -0.05) is 15.9 Å². The zero-order valence-electron chi connectivity index (χ0n) is 11.6. The lowest BCUT2D eigenvalue weighted by atomic mass is 9.99. The van der Waals surface area contributed by atoms with Crippen LogP contribution in [0.1, 0.15) is 11.1 Å². The van der Waals surface area contributed by atoms with E-state index >= 15 is 0 Å². The predicted molar refractivity (Wildman–Crippen MR) is 82.4 cm³/mol. The van der Waals surface area contributed by atoms with Crippen LogP contribution in [-0.2, 0) is 12.8 Å². The van der Waals surface area contributed by atoms with Gasteiger partial charge in [-0.15, -0.1) is 0 Å². The van der Waals surface area contributed by atoms with E-state index in [0.29, 0.717) is 18.4 Å². The Balaban J connectivity index is 2.11.